The van der Waals surface area contributed by atoms with Gasteiger partial charge in [-0.25, -0.2) is 0 Å². The second-order valence-electron chi connectivity index (χ2n) is 6.82. The number of furan rings is 1. The Morgan fingerprint density at radius 1 is 1.48 bits per heavy atom. The molecule has 1 aromatic heterocycles. The van der Waals surface area contributed by atoms with Crippen LogP contribution in [0.5, 0.6) is 0 Å². The third-order valence-electron chi connectivity index (χ3n) is 4.73. The number of nitrogens with one attached hydrogen (secondary N) is 2. The molecule has 21 heavy (non-hydrogen) atoms. The topological polar surface area (TPSA) is 57.5 Å². The maximum Gasteiger partial charge on any atom is 0.237 e. The number of carbonyl (C=O) groups is 1. The Labute approximate surface area is 126 Å². The second kappa shape index (κ2) is 5.81. The molecule has 5 heteroatoms. The lowest BCUT2D eigenvalue weighted by atomic mass is 9.87. The van der Waals surface area contributed by atoms with Gasteiger partial charge in [0.15, 0.2) is 0 Å². The summed E-state index contributed by atoms with van der Waals surface area (Å²) < 4.78 is 5.62. The third-order valence-corrected chi connectivity index (χ3v) is 4.73. The molecule has 2 saturated heterocycles. The number of carbonyl (C=O) groups excluding carboxylic acids is 1. The summed E-state index contributed by atoms with van der Waals surface area (Å²) in [7, 11) is 0. The minimum absolute atomic E-state index is 0.0458. The van der Waals surface area contributed by atoms with Crippen LogP contribution in [0.25, 0.3) is 0 Å². The van der Waals surface area contributed by atoms with Crippen molar-refractivity contribution in [3.63, 3.8) is 0 Å². The molecule has 2 aliphatic heterocycles. The van der Waals surface area contributed by atoms with Crippen molar-refractivity contribution in [2.24, 2.45) is 5.41 Å². The van der Waals surface area contributed by atoms with Crippen molar-refractivity contribution in [3.8, 4) is 0 Å². The van der Waals surface area contributed by atoms with Crippen molar-refractivity contribution in [1.82, 2.24) is 15.5 Å². The van der Waals surface area contributed by atoms with Crippen LogP contribution < -0.4 is 10.6 Å². The summed E-state index contributed by atoms with van der Waals surface area (Å²) in [5, 5.41) is 6.42. The van der Waals surface area contributed by atoms with Crippen LogP contribution in [-0.4, -0.2) is 43.0 Å². The largest absolute Gasteiger partial charge is 0.468 e. The van der Waals surface area contributed by atoms with E-state index < -0.39 is 0 Å². The number of nitrogens with zero attached hydrogens (tertiary/aromatic N) is 1. The van der Waals surface area contributed by atoms with E-state index in [-0.39, 0.29) is 23.4 Å². The molecular weight excluding hydrogens is 266 g/mol. The highest BCUT2D eigenvalue weighted by Gasteiger charge is 2.41. The van der Waals surface area contributed by atoms with E-state index in [0.717, 1.165) is 31.9 Å². The Morgan fingerprint density at radius 2 is 2.24 bits per heavy atom. The average molecular weight is 291 g/mol. The Hall–Kier alpha value is -1.33. The minimum atomic E-state index is -0.127. The molecule has 0 aromatic carbocycles. The van der Waals surface area contributed by atoms with Gasteiger partial charge in [0.1, 0.15) is 5.76 Å². The quantitative estimate of drug-likeness (QED) is 0.864. The molecule has 0 unspecified atom stereocenters. The summed E-state index contributed by atoms with van der Waals surface area (Å²) in [6.45, 7) is 7.94. The third kappa shape index (κ3) is 2.99. The lowest BCUT2D eigenvalue weighted by Crippen LogP contribution is -2.47. The van der Waals surface area contributed by atoms with Crippen LogP contribution in [0, 0.1) is 5.41 Å². The van der Waals surface area contributed by atoms with Gasteiger partial charge in [-0.05, 0) is 38.1 Å². The van der Waals surface area contributed by atoms with Gasteiger partial charge in [-0.2, -0.15) is 0 Å². The highest BCUT2D eigenvalue weighted by molar-refractivity contribution is 5.85. The molecule has 2 aliphatic rings. The van der Waals surface area contributed by atoms with E-state index in [1.165, 1.54) is 12.8 Å². The molecule has 0 radical (unpaired) electrons. The van der Waals surface area contributed by atoms with Crippen LogP contribution in [0.2, 0.25) is 0 Å². The molecule has 0 bridgehead atoms. The van der Waals surface area contributed by atoms with Crippen molar-refractivity contribution in [2.75, 3.05) is 26.2 Å². The van der Waals surface area contributed by atoms with Crippen molar-refractivity contribution >= 4 is 5.91 Å². The number of amides is 1. The smallest absolute Gasteiger partial charge is 0.237 e. The van der Waals surface area contributed by atoms with Crippen LogP contribution >= 0.6 is 0 Å². The van der Waals surface area contributed by atoms with E-state index >= 15 is 0 Å². The Kier molecular flexibility index (Phi) is 4.04. The summed E-state index contributed by atoms with van der Waals surface area (Å²) in [4.78, 5) is 14.4. The SMILES string of the molecule is CC1(C)CNC(=O)[C@H]1NC[C@@H](c1ccco1)N1CCCC1. The van der Waals surface area contributed by atoms with E-state index in [0.29, 0.717) is 0 Å². The lowest BCUT2D eigenvalue weighted by Gasteiger charge is -2.30. The van der Waals surface area contributed by atoms with E-state index in [2.05, 4.69) is 29.4 Å². The highest BCUT2D eigenvalue weighted by Crippen LogP contribution is 2.28. The first kappa shape index (κ1) is 14.6. The highest BCUT2D eigenvalue weighted by atomic mass is 16.3. The molecular formula is C16H25N3O2. The fourth-order valence-electron chi connectivity index (χ4n) is 3.42. The van der Waals surface area contributed by atoms with Crippen molar-refractivity contribution in [3.05, 3.63) is 24.2 Å². The molecule has 0 aliphatic carbocycles. The molecule has 2 N–H and O–H groups in total. The number of hydrogen-bond donors (Lipinski definition) is 2. The molecule has 116 valence electrons. The van der Waals surface area contributed by atoms with E-state index in [1.54, 1.807) is 6.26 Å². The van der Waals surface area contributed by atoms with Crippen LogP contribution in [0.4, 0.5) is 0 Å². The molecule has 0 saturated carbocycles. The predicted octanol–water partition coefficient (Wildman–Crippen LogP) is 1.53. The molecule has 3 rings (SSSR count). The summed E-state index contributed by atoms with van der Waals surface area (Å²) in [5.41, 5.74) is -0.0458. The Balaban J connectivity index is 1.69. The maximum absolute atomic E-state index is 12.0. The Morgan fingerprint density at radius 3 is 2.81 bits per heavy atom. The van der Waals surface area contributed by atoms with E-state index in [4.69, 9.17) is 4.42 Å². The van der Waals surface area contributed by atoms with E-state index in [1.807, 2.05) is 12.1 Å². The zero-order valence-corrected chi connectivity index (χ0v) is 12.9. The molecule has 1 aromatic rings. The van der Waals surface area contributed by atoms with Gasteiger partial charge < -0.3 is 15.1 Å². The van der Waals surface area contributed by atoms with Crippen LogP contribution in [0.1, 0.15) is 38.5 Å². The first-order chi connectivity index (χ1) is 10.1. The first-order valence-electron chi connectivity index (χ1n) is 7.86. The summed E-state index contributed by atoms with van der Waals surface area (Å²) in [6.07, 6.45) is 4.21. The minimum Gasteiger partial charge on any atom is -0.468 e. The normalized spacial score (nSPS) is 27.0. The molecule has 2 fully saturated rings. The van der Waals surface area contributed by atoms with Crippen LogP contribution in [-0.2, 0) is 4.79 Å². The fourth-order valence-corrected chi connectivity index (χ4v) is 3.42. The van der Waals surface area contributed by atoms with E-state index in [9.17, 15) is 4.79 Å². The standard InChI is InChI=1S/C16H25N3O2/c1-16(2)11-18-15(20)14(16)17-10-12(13-6-5-9-21-13)19-7-3-4-8-19/h5-6,9,12,14,17H,3-4,7-8,10-11H2,1-2H3,(H,18,20)/t12-,14+/m0/s1. The predicted molar refractivity (Wildman–Crippen MR) is 80.8 cm³/mol. The van der Waals surface area contributed by atoms with Gasteiger partial charge in [-0.15, -0.1) is 0 Å². The molecule has 0 spiro atoms. The Bertz CT molecular complexity index is 478. The lowest BCUT2D eigenvalue weighted by molar-refractivity contribution is -0.121. The van der Waals surface area contributed by atoms with Gasteiger partial charge in [-0.3, -0.25) is 9.69 Å². The second-order valence-corrected chi connectivity index (χ2v) is 6.82. The van der Waals surface area contributed by atoms with Gasteiger partial charge in [0.05, 0.1) is 18.3 Å². The van der Waals surface area contributed by atoms with Gasteiger partial charge in [0.2, 0.25) is 5.91 Å². The van der Waals surface area contributed by atoms with Gasteiger partial charge in [0, 0.05) is 18.5 Å². The van der Waals surface area contributed by atoms with Gasteiger partial charge >= 0.3 is 0 Å². The number of hydrogen-bond acceptors (Lipinski definition) is 4. The molecule has 3 heterocycles. The zero-order chi connectivity index (χ0) is 14.9. The van der Waals surface area contributed by atoms with Gasteiger partial charge in [-0.1, -0.05) is 13.8 Å². The summed E-state index contributed by atoms with van der Waals surface area (Å²) >= 11 is 0. The maximum atomic E-state index is 12.0. The van der Waals surface area contributed by atoms with Crippen LogP contribution in [0.15, 0.2) is 22.8 Å². The first-order valence-corrected chi connectivity index (χ1v) is 7.86. The number of rotatable bonds is 5. The fraction of sp³-hybridized carbons (Fsp3) is 0.688. The summed E-state index contributed by atoms with van der Waals surface area (Å²) in [6, 6.07) is 4.05. The van der Waals surface area contributed by atoms with Crippen LogP contribution in [0.3, 0.4) is 0 Å². The molecule has 1 amide bonds. The van der Waals surface area contributed by atoms with Crippen molar-refractivity contribution in [2.45, 2.75) is 38.8 Å². The molecule has 5 nitrogen and oxygen atoms in total. The molecule has 2 atom stereocenters. The van der Waals surface area contributed by atoms with Crippen molar-refractivity contribution in [1.29, 1.82) is 0 Å². The number of likely N-dealkylation sites (tertiary alicyclic amines) is 1. The average Bonchev–Trinajstić information content (AvgIpc) is 3.16. The van der Waals surface area contributed by atoms with Crippen molar-refractivity contribution < 1.29 is 9.21 Å². The van der Waals surface area contributed by atoms with Gasteiger partial charge in [0.25, 0.3) is 0 Å². The summed E-state index contributed by atoms with van der Waals surface area (Å²) in [5.74, 6) is 1.10. The monoisotopic (exact) mass is 291 g/mol. The zero-order valence-electron chi connectivity index (χ0n) is 12.9.